The Labute approximate surface area is 320 Å². The molecule has 0 N–H and O–H groups in total. The molecule has 2 unspecified atom stereocenters. The summed E-state index contributed by atoms with van der Waals surface area (Å²) in [6.45, 7) is 4.29. The Morgan fingerprint density at radius 1 is 0.630 bits per heavy atom. The van der Waals surface area contributed by atoms with Crippen molar-refractivity contribution in [3.05, 3.63) is 136 Å². The maximum atomic E-state index is 12.5. The van der Waals surface area contributed by atoms with Crippen LogP contribution in [0.2, 0.25) is 0 Å². The largest absolute Gasteiger partial charge is 0.457 e. The van der Waals surface area contributed by atoms with Crippen LogP contribution in [0.3, 0.4) is 0 Å². The zero-order valence-electron chi connectivity index (χ0n) is 31.8. The molecule has 4 nitrogen and oxygen atoms in total. The lowest BCUT2D eigenvalue weighted by Gasteiger charge is -2.26. The average Bonchev–Trinajstić information content (AvgIpc) is 3.19. The van der Waals surface area contributed by atoms with E-state index in [4.69, 9.17) is 9.47 Å². The van der Waals surface area contributed by atoms with Crippen LogP contribution in [0.15, 0.2) is 91.0 Å². The maximum Gasteiger partial charge on any atom is 0.306 e. The second kappa shape index (κ2) is 17.7. The van der Waals surface area contributed by atoms with E-state index in [1.807, 2.05) is 0 Å². The molecular formula is C50H52O4. The van der Waals surface area contributed by atoms with E-state index in [1.54, 1.807) is 0 Å². The van der Waals surface area contributed by atoms with E-state index >= 15 is 0 Å². The zero-order valence-corrected chi connectivity index (χ0v) is 31.8. The quantitative estimate of drug-likeness (QED) is 0.0497. The molecule has 7 rings (SSSR count). The topological polar surface area (TPSA) is 52.6 Å². The van der Waals surface area contributed by atoms with Gasteiger partial charge in [-0.15, -0.1) is 0 Å². The van der Waals surface area contributed by atoms with Crippen molar-refractivity contribution >= 4 is 63.9 Å². The lowest BCUT2D eigenvalue weighted by molar-refractivity contribution is -0.151. The van der Waals surface area contributed by atoms with Crippen LogP contribution >= 0.6 is 0 Å². The van der Waals surface area contributed by atoms with Crippen molar-refractivity contribution in [1.82, 2.24) is 0 Å². The van der Waals surface area contributed by atoms with Crippen molar-refractivity contribution in [2.75, 3.05) is 0 Å². The van der Waals surface area contributed by atoms with Crippen molar-refractivity contribution in [2.45, 2.75) is 103 Å². The summed E-state index contributed by atoms with van der Waals surface area (Å²) in [5.74, 6) is -0.176. The highest BCUT2D eigenvalue weighted by Gasteiger charge is 2.24. The summed E-state index contributed by atoms with van der Waals surface area (Å²) in [4.78, 5) is 24.9. The van der Waals surface area contributed by atoms with Crippen molar-refractivity contribution < 1.29 is 19.1 Å². The van der Waals surface area contributed by atoms with E-state index in [0.29, 0.717) is 12.8 Å². The third-order valence-corrected chi connectivity index (χ3v) is 10.9. The second-order valence-electron chi connectivity index (χ2n) is 14.9. The number of carbonyl (C=O) groups excluding carboxylic acids is 2. The lowest BCUT2D eigenvalue weighted by Crippen LogP contribution is -2.16. The molecule has 5 aromatic carbocycles. The van der Waals surface area contributed by atoms with Crippen molar-refractivity contribution in [3.8, 4) is 0 Å². The summed E-state index contributed by atoms with van der Waals surface area (Å²) in [6, 6.07) is 30.6. The molecule has 0 saturated carbocycles. The first-order valence-corrected chi connectivity index (χ1v) is 20.1. The van der Waals surface area contributed by atoms with E-state index in [2.05, 4.69) is 135 Å². The number of carbonyl (C=O) groups is 2. The van der Waals surface area contributed by atoms with Crippen molar-refractivity contribution in [2.24, 2.45) is 0 Å². The van der Waals surface area contributed by atoms with Gasteiger partial charge in [0.05, 0.1) is 0 Å². The van der Waals surface area contributed by atoms with Crippen LogP contribution in [0, 0.1) is 0 Å². The summed E-state index contributed by atoms with van der Waals surface area (Å²) in [5.41, 5.74) is 9.25. The van der Waals surface area contributed by atoms with Crippen LogP contribution in [0.25, 0.3) is 51.9 Å². The van der Waals surface area contributed by atoms with Gasteiger partial charge < -0.3 is 9.47 Å². The smallest absolute Gasteiger partial charge is 0.306 e. The fraction of sp³-hybridized carbons (Fsp3) is 0.320. The molecule has 2 aliphatic carbocycles. The summed E-state index contributed by atoms with van der Waals surface area (Å²) >= 11 is 0. The Balaban J connectivity index is 1.07. The van der Waals surface area contributed by atoms with Gasteiger partial charge in [-0.25, -0.2) is 0 Å². The van der Waals surface area contributed by atoms with Gasteiger partial charge in [-0.05, 0) is 98.7 Å². The summed E-state index contributed by atoms with van der Waals surface area (Å²) in [7, 11) is 0. The molecule has 0 amide bonds. The molecule has 0 bridgehead atoms. The number of esters is 2. The van der Waals surface area contributed by atoms with Gasteiger partial charge in [-0.1, -0.05) is 155 Å². The number of rotatable bonds is 14. The van der Waals surface area contributed by atoms with Crippen molar-refractivity contribution in [3.63, 3.8) is 0 Å². The van der Waals surface area contributed by atoms with Crippen LogP contribution in [0.1, 0.15) is 141 Å². The third-order valence-electron chi connectivity index (χ3n) is 10.9. The van der Waals surface area contributed by atoms with Gasteiger partial charge in [0.1, 0.15) is 12.2 Å². The fourth-order valence-corrected chi connectivity index (χ4v) is 8.02. The monoisotopic (exact) mass is 716 g/mol. The van der Waals surface area contributed by atoms with Gasteiger partial charge in [0, 0.05) is 24.8 Å². The third kappa shape index (κ3) is 8.76. The number of hydrogen-bond donors (Lipinski definition) is 0. The molecular weight excluding hydrogens is 665 g/mol. The molecule has 5 aromatic rings. The van der Waals surface area contributed by atoms with Crippen LogP contribution in [-0.4, -0.2) is 11.9 Å². The summed E-state index contributed by atoms with van der Waals surface area (Å²) < 4.78 is 11.8. The van der Waals surface area contributed by atoms with Gasteiger partial charge in [0.25, 0.3) is 0 Å². The number of ether oxygens (including phenoxy) is 2. The fourth-order valence-electron chi connectivity index (χ4n) is 8.02. The molecule has 0 aromatic heterocycles. The standard InChI is InChI=1S/C50H52O4/c1-3-5-7-21-49(51)53-47-19-11-15-39-33-35(25-29-43(39)47)23-27-37-13-9-17-45-41(37)31-32-42-38(14-10-18-46(42)45)28-24-36-26-30-44-40(34-36)16-12-20-48(44)54-50(52)22-8-6-4-2/h9-11,13-15,17-18,23-34,47-48H,3-8,12,16,19-22H2,1-2H3/b27-23+,28-24+. The summed E-state index contributed by atoms with van der Waals surface area (Å²) in [6.07, 6.45) is 23.4. The Morgan fingerprint density at radius 2 is 1.22 bits per heavy atom. The van der Waals surface area contributed by atoms with Crippen LogP contribution < -0.4 is 0 Å². The molecule has 0 spiro atoms. The van der Waals surface area contributed by atoms with E-state index in [-0.39, 0.29) is 24.1 Å². The number of fused-ring (bicyclic) bond motifs is 5. The highest BCUT2D eigenvalue weighted by molar-refractivity contribution is 6.12. The van der Waals surface area contributed by atoms with Crippen LogP contribution in [-0.2, 0) is 25.5 Å². The SMILES string of the molecule is CCCCCC(=O)OC1CC=Cc2cc(/C=C/c3cccc4c3ccc3c(/C=C/c5ccc6c(c5)CCCC6OC(=O)CCCCC)cccc34)ccc21. The van der Waals surface area contributed by atoms with Gasteiger partial charge in [0.15, 0.2) is 0 Å². The first kappa shape index (κ1) is 37.1. The molecule has 0 radical (unpaired) electrons. The first-order valence-electron chi connectivity index (χ1n) is 20.1. The van der Waals surface area contributed by atoms with E-state index in [9.17, 15) is 9.59 Å². The minimum Gasteiger partial charge on any atom is -0.457 e. The predicted molar refractivity (Wildman–Crippen MR) is 225 cm³/mol. The molecule has 54 heavy (non-hydrogen) atoms. The first-order chi connectivity index (χ1) is 26.5. The minimum atomic E-state index is -0.216. The minimum absolute atomic E-state index is 0.0722. The van der Waals surface area contributed by atoms with Gasteiger partial charge in [-0.2, -0.15) is 0 Å². The number of hydrogen-bond acceptors (Lipinski definition) is 4. The Bertz CT molecular complexity index is 2220. The van der Waals surface area contributed by atoms with E-state index in [1.165, 1.54) is 38.2 Å². The molecule has 0 heterocycles. The predicted octanol–water partition coefficient (Wildman–Crippen LogP) is 13.4. The number of unbranched alkanes of at least 4 members (excludes halogenated alkanes) is 4. The molecule has 4 heteroatoms. The molecule has 0 saturated heterocycles. The number of benzene rings is 5. The average molecular weight is 717 g/mol. The highest BCUT2D eigenvalue weighted by atomic mass is 16.5. The molecule has 2 aliphatic rings. The summed E-state index contributed by atoms with van der Waals surface area (Å²) in [5, 5.41) is 4.89. The van der Waals surface area contributed by atoms with E-state index < -0.39 is 0 Å². The van der Waals surface area contributed by atoms with Gasteiger partial charge in [0.2, 0.25) is 0 Å². The zero-order chi connectivity index (χ0) is 37.3. The second-order valence-corrected chi connectivity index (χ2v) is 14.9. The van der Waals surface area contributed by atoms with Crippen LogP contribution in [0.5, 0.6) is 0 Å². The normalized spacial score (nSPS) is 16.6. The molecule has 276 valence electrons. The lowest BCUT2D eigenvalue weighted by atomic mass is 9.88. The Kier molecular flexibility index (Phi) is 12.2. The van der Waals surface area contributed by atoms with Crippen LogP contribution in [0.4, 0.5) is 0 Å². The van der Waals surface area contributed by atoms with E-state index in [0.717, 1.165) is 92.0 Å². The maximum absolute atomic E-state index is 12.5. The highest BCUT2D eigenvalue weighted by Crippen LogP contribution is 2.36. The van der Waals surface area contributed by atoms with Crippen molar-refractivity contribution in [1.29, 1.82) is 0 Å². The Hall–Kier alpha value is -5.22. The number of aryl methyl sites for hydroxylation is 1. The Morgan fingerprint density at radius 3 is 1.85 bits per heavy atom. The van der Waals surface area contributed by atoms with Gasteiger partial charge >= 0.3 is 11.9 Å². The molecule has 0 aliphatic heterocycles. The molecule has 0 fully saturated rings. The van der Waals surface area contributed by atoms with Gasteiger partial charge in [-0.3, -0.25) is 9.59 Å². The molecule has 2 atom stereocenters.